The van der Waals surface area contributed by atoms with Crippen LogP contribution in [0, 0.1) is 0 Å². The molecular formula is C17H23N3O. The van der Waals surface area contributed by atoms with Crippen LogP contribution in [0.5, 0.6) is 0 Å². The van der Waals surface area contributed by atoms with E-state index in [1.807, 2.05) is 18.3 Å². The van der Waals surface area contributed by atoms with Crippen molar-refractivity contribution < 1.29 is 4.79 Å². The number of nitrogens with one attached hydrogen (secondary N) is 3. The highest BCUT2D eigenvalue weighted by molar-refractivity contribution is 5.84. The van der Waals surface area contributed by atoms with E-state index in [2.05, 4.69) is 27.8 Å². The summed E-state index contributed by atoms with van der Waals surface area (Å²) in [5.41, 5.74) is 2.36. The highest BCUT2D eigenvalue weighted by Gasteiger charge is 2.13. The number of hydrogen-bond acceptors (Lipinski definition) is 2. The number of carbonyl (C=O) groups is 1. The van der Waals surface area contributed by atoms with E-state index in [4.69, 9.17) is 0 Å². The first-order valence-electron chi connectivity index (χ1n) is 7.88. The molecule has 3 N–H and O–H groups in total. The molecule has 0 radical (unpaired) electrons. The number of piperidine rings is 1. The molecule has 1 aliphatic heterocycles. The van der Waals surface area contributed by atoms with Gasteiger partial charge in [0.25, 0.3) is 0 Å². The molecule has 21 heavy (non-hydrogen) atoms. The van der Waals surface area contributed by atoms with Crippen molar-refractivity contribution >= 4 is 16.8 Å². The van der Waals surface area contributed by atoms with Gasteiger partial charge in [0.05, 0.1) is 0 Å². The number of benzene rings is 1. The van der Waals surface area contributed by atoms with Crippen LogP contribution in [0.25, 0.3) is 10.9 Å². The molecule has 1 atom stereocenters. The molecule has 1 amide bonds. The second-order valence-corrected chi connectivity index (χ2v) is 5.81. The summed E-state index contributed by atoms with van der Waals surface area (Å²) in [4.78, 5) is 15.2. The number of hydrogen-bond donors (Lipinski definition) is 3. The van der Waals surface area contributed by atoms with Gasteiger partial charge in [-0.25, -0.2) is 0 Å². The van der Waals surface area contributed by atoms with Gasteiger partial charge < -0.3 is 15.6 Å². The molecule has 4 heteroatoms. The van der Waals surface area contributed by atoms with E-state index in [0.717, 1.165) is 25.0 Å². The molecule has 0 spiro atoms. The van der Waals surface area contributed by atoms with Gasteiger partial charge in [-0.3, -0.25) is 4.79 Å². The van der Waals surface area contributed by atoms with Gasteiger partial charge in [-0.05, 0) is 37.4 Å². The lowest BCUT2D eigenvalue weighted by Gasteiger charge is -2.23. The van der Waals surface area contributed by atoms with Gasteiger partial charge in [0.15, 0.2) is 0 Å². The summed E-state index contributed by atoms with van der Waals surface area (Å²) >= 11 is 0. The molecular weight excluding hydrogens is 262 g/mol. The molecule has 1 unspecified atom stereocenters. The molecule has 4 nitrogen and oxygen atoms in total. The van der Waals surface area contributed by atoms with Gasteiger partial charge in [0.1, 0.15) is 0 Å². The summed E-state index contributed by atoms with van der Waals surface area (Å²) in [5, 5.41) is 7.72. The lowest BCUT2D eigenvalue weighted by Crippen LogP contribution is -2.43. The Labute approximate surface area is 125 Å². The average Bonchev–Trinajstić information content (AvgIpc) is 2.95. The third kappa shape index (κ3) is 3.64. The van der Waals surface area contributed by atoms with Crippen LogP contribution in [0.2, 0.25) is 0 Å². The van der Waals surface area contributed by atoms with Gasteiger partial charge in [0.2, 0.25) is 5.91 Å². The zero-order chi connectivity index (χ0) is 14.5. The Kier molecular flexibility index (Phi) is 4.55. The summed E-state index contributed by atoms with van der Waals surface area (Å²) in [6.45, 7) is 1.84. The van der Waals surface area contributed by atoms with Crippen LogP contribution in [0.15, 0.2) is 30.5 Å². The molecule has 3 rings (SSSR count). The fourth-order valence-electron chi connectivity index (χ4n) is 3.01. The lowest BCUT2D eigenvalue weighted by atomic mass is 10.0. The molecule has 0 saturated carbocycles. The SMILES string of the molecule is O=C(CCc1c[nH]c2ccccc12)NCC1CCCCN1. The average molecular weight is 285 g/mol. The first-order chi connectivity index (χ1) is 10.3. The first kappa shape index (κ1) is 14.1. The van der Waals surface area contributed by atoms with Crippen LogP contribution in [0.4, 0.5) is 0 Å². The van der Waals surface area contributed by atoms with Gasteiger partial charge >= 0.3 is 0 Å². The zero-order valence-corrected chi connectivity index (χ0v) is 12.3. The van der Waals surface area contributed by atoms with Crippen molar-refractivity contribution in [1.29, 1.82) is 0 Å². The minimum Gasteiger partial charge on any atom is -0.361 e. The highest BCUT2D eigenvalue weighted by atomic mass is 16.1. The number of amides is 1. The monoisotopic (exact) mass is 285 g/mol. The van der Waals surface area contributed by atoms with Crippen LogP contribution in [0.3, 0.4) is 0 Å². The quantitative estimate of drug-likeness (QED) is 0.790. The van der Waals surface area contributed by atoms with Crippen LogP contribution in [0.1, 0.15) is 31.2 Å². The first-order valence-corrected chi connectivity index (χ1v) is 7.88. The number of aromatic amines is 1. The molecule has 1 aliphatic rings. The molecule has 112 valence electrons. The Morgan fingerprint density at radius 3 is 3.05 bits per heavy atom. The van der Waals surface area contributed by atoms with E-state index >= 15 is 0 Å². The molecule has 1 saturated heterocycles. The number of rotatable bonds is 5. The van der Waals surface area contributed by atoms with Gasteiger partial charge in [-0.1, -0.05) is 24.6 Å². The van der Waals surface area contributed by atoms with E-state index < -0.39 is 0 Å². The maximum absolute atomic E-state index is 12.0. The summed E-state index contributed by atoms with van der Waals surface area (Å²) in [7, 11) is 0. The van der Waals surface area contributed by atoms with Crippen molar-refractivity contribution in [2.45, 2.75) is 38.1 Å². The van der Waals surface area contributed by atoms with E-state index in [1.54, 1.807) is 0 Å². The summed E-state index contributed by atoms with van der Waals surface area (Å²) in [6.07, 6.45) is 7.04. The van der Waals surface area contributed by atoms with Crippen molar-refractivity contribution in [3.8, 4) is 0 Å². The maximum Gasteiger partial charge on any atom is 0.220 e. The van der Waals surface area contributed by atoms with Gasteiger partial charge in [0, 0.05) is 36.1 Å². The second kappa shape index (κ2) is 6.76. The van der Waals surface area contributed by atoms with E-state index in [-0.39, 0.29) is 5.91 Å². The molecule has 0 aliphatic carbocycles. The van der Waals surface area contributed by atoms with Crippen LogP contribution in [-0.4, -0.2) is 30.0 Å². The van der Waals surface area contributed by atoms with Gasteiger partial charge in [-0.2, -0.15) is 0 Å². The van der Waals surface area contributed by atoms with E-state index in [9.17, 15) is 4.79 Å². The van der Waals surface area contributed by atoms with Crippen molar-refractivity contribution in [2.24, 2.45) is 0 Å². The Bertz CT molecular complexity index is 599. The third-order valence-corrected chi connectivity index (χ3v) is 4.25. The molecule has 1 aromatic carbocycles. The largest absolute Gasteiger partial charge is 0.361 e. The number of para-hydroxylation sites is 1. The minimum absolute atomic E-state index is 0.146. The van der Waals surface area contributed by atoms with Crippen molar-refractivity contribution in [2.75, 3.05) is 13.1 Å². The predicted octanol–water partition coefficient (Wildman–Crippen LogP) is 2.36. The van der Waals surface area contributed by atoms with Crippen molar-refractivity contribution in [3.63, 3.8) is 0 Å². The normalized spacial score (nSPS) is 18.8. The van der Waals surface area contributed by atoms with E-state index in [1.165, 1.54) is 30.2 Å². The summed E-state index contributed by atoms with van der Waals surface area (Å²) < 4.78 is 0. The molecule has 0 bridgehead atoms. The number of aryl methyl sites for hydroxylation is 1. The van der Waals surface area contributed by atoms with Crippen molar-refractivity contribution in [1.82, 2.24) is 15.6 Å². The lowest BCUT2D eigenvalue weighted by molar-refractivity contribution is -0.121. The predicted molar refractivity (Wildman–Crippen MR) is 85.3 cm³/mol. The Morgan fingerprint density at radius 2 is 2.19 bits per heavy atom. The minimum atomic E-state index is 0.146. The molecule has 2 aromatic rings. The summed E-state index contributed by atoms with van der Waals surface area (Å²) in [6, 6.07) is 8.68. The number of H-pyrrole nitrogens is 1. The Balaban J connectivity index is 1.47. The number of carbonyl (C=O) groups excluding carboxylic acids is 1. The highest BCUT2D eigenvalue weighted by Crippen LogP contribution is 2.18. The number of aromatic nitrogens is 1. The molecule has 2 heterocycles. The second-order valence-electron chi connectivity index (χ2n) is 5.81. The maximum atomic E-state index is 12.0. The number of fused-ring (bicyclic) bond motifs is 1. The van der Waals surface area contributed by atoms with Crippen molar-refractivity contribution in [3.05, 3.63) is 36.0 Å². The van der Waals surface area contributed by atoms with Crippen LogP contribution in [-0.2, 0) is 11.2 Å². The van der Waals surface area contributed by atoms with Crippen LogP contribution >= 0.6 is 0 Å². The fourth-order valence-corrected chi connectivity index (χ4v) is 3.01. The fraction of sp³-hybridized carbons (Fsp3) is 0.471. The standard InChI is InChI=1S/C17H23N3O/c21-17(20-12-14-5-3-4-10-18-14)9-8-13-11-19-16-7-2-1-6-15(13)16/h1-2,6-7,11,14,18-19H,3-5,8-10,12H2,(H,20,21). The van der Waals surface area contributed by atoms with Gasteiger partial charge in [-0.15, -0.1) is 0 Å². The van der Waals surface area contributed by atoms with E-state index in [0.29, 0.717) is 12.5 Å². The van der Waals surface area contributed by atoms with Crippen LogP contribution < -0.4 is 10.6 Å². The smallest absolute Gasteiger partial charge is 0.220 e. The Morgan fingerprint density at radius 1 is 1.29 bits per heavy atom. The summed E-state index contributed by atoms with van der Waals surface area (Å²) in [5.74, 6) is 0.146. The molecule has 1 fully saturated rings. The molecule has 1 aromatic heterocycles. The third-order valence-electron chi connectivity index (χ3n) is 4.25. The topological polar surface area (TPSA) is 56.9 Å². The zero-order valence-electron chi connectivity index (χ0n) is 12.3. The Hall–Kier alpha value is -1.81.